The second-order valence-corrected chi connectivity index (χ2v) is 1.98. The van der Waals surface area contributed by atoms with Gasteiger partial charge in [0.2, 0.25) is 0 Å². The molecule has 1 aromatic rings. The largest absolute Gasteiger partial charge is 0.452 e. The quantitative estimate of drug-likeness (QED) is 0.386. The number of aldehydes is 1. The molecule has 1 aromatic heterocycles. The highest BCUT2D eigenvalue weighted by Crippen LogP contribution is 2.02. The highest BCUT2D eigenvalue weighted by atomic mass is 16.3. The lowest BCUT2D eigenvalue weighted by Gasteiger charge is -1.80. The molecule has 4 heteroatoms. The molecular weight excluding hydrogens is 156 g/mol. The molecule has 0 unspecified atom stereocenters. The standard InChI is InChI=1S/C8H8N2O2/c1-2-9-10-5-7-3-4-8(6-11)12-7/h2-6H,1H3/b9-2+,10-5+. The molecule has 0 aliphatic carbocycles. The van der Waals surface area contributed by atoms with Gasteiger partial charge < -0.3 is 4.42 Å². The minimum Gasteiger partial charge on any atom is -0.452 e. The number of furan rings is 1. The Morgan fingerprint density at radius 3 is 2.67 bits per heavy atom. The van der Waals surface area contributed by atoms with Gasteiger partial charge in [0.15, 0.2) is 12.0 Å². The third-order valence-electron chi connectivity index (χ3n) is 1.13. The third-order valence-corrected chi connectivity index (χ3v) is 1.13. The smallest absolute Gasteiger partial charge is 0.185 e. The summed E-state index contributed by atoms with van der Waals surface area (Å²) in [5.74, 6) is 0.805. The van der Waals surface area contributed by atoms with Gasteiger partial charge in [-0.1, -0.05) is 0 Å². The zero-order valence-corrected chi connectivity index (χ0v) is 6.60. The van der Waals surface area contributed by atoms with Crippen LogP contribution in [0.25, 0.3) is 0 Å². The van der Waals surface area contributed by atoms with E-state index in [0.717, 1.165) is 0 Å². The number of rotatable bonds is 3. The van der Waals surface area contributed by atoms with Crippen molar-refractivity contribution in [3.8, 4) is 0 Å². The van der Waals surface area contributed by atoms with Crippen molar-refractivity contribution in [1.29, 1.82) is 0 Å². The number of carbonyl (C=O) groups is 1. The van der Waals surface area contributed by atoms with Crippen LogP contribution in [0.5, 0.6) is 0 Å². The van der Waals surface area contributed by atoms with E-state index in [1.807, 2.05) is 0 Å². The molecule has 0 spiro atoms. The molecule has 0 aliphatic heterocycles. The zero-order chi connectivity index (χ0) is 8.81. The van der Waals surface area contributed by atoms with E-state index in [4.69, 9.17) is 4.42 Å². The molecule has 0 saturated carbocycles. The first-order chi connectivity index (χ1) is 5.86. The van der Waals surface area contributed by atoms with E-state index in [1.54, 1.807) is 25.3 Å². The molecule has 0 amide bonds. The van der Waals surface area contributed by atoms with Crippen molar-refractivity contribution in [1.82, 2.24) is 0 Å². The summed E-state index contributed by atoms with van der Waals surface area (Å²) in [6.45, 7) is 1.76. The Labute approximate surface area is 69.6 Å². The SMILES string of the molecule is C/C=N/N=C/c1ccc(C=O)o1. The lowest BCUT2D eigenvalue weighted by Crippen LogP contribution is -1.73. The van der Waals surface area contributed by atoms with Gasteiger partial charge in [0.25, 0.3) is 0 Å². The average molecular weight is 164 g/mol. The molecule has 0 atom stereocenters. The minimum absolute atomic E-state index is 0.289. The van der Waals surface area contributed by atoms with Gasteiger partial charge in [0, 0.05) is 6.21 Å². The average Bonchev–Trinajstić information content (AvgIpc) is 2.53. The van der Waals surface area contributed by atoms with Gasteiger partial charge >= 0.3 is 0 Å². The summed E-state index contributed by atoms with van der Waals surface area (Å²) in [6.07, 6.45) is 3.63. The zero-order valence-electron chi connectivity index (χ0n) is 6.60. The second kappa shape index (κ2) is 4.23. The highest BCUT2D eigenvalue weighted by molar-refractivity contribution is 5.79. The van der Waals surface area contributed by atoms with Gasteiger partial charge in [-0.05, 0) is 19.1 Å². The molecular formula is C8H8N2O2. The first-order valence-corrected chi connectivity index (χ1v) is 3.43. The summed E-state index contributed by atoms with van der Waals surface area (Å²) in [6, 6.07) is 3.22. The van der Waals surface area contributed by atoms with Crippen LogP contribution in [0.1, 0.15) is 23.2 Å². The minimum atomic E-state index is 0.289. The number of hydrogen-bond donors (Lipinski definition) is 0. The maximum Gasteiger partial charge on any atom is 0.185 e. The summed E-state index contributed by atoms with van der Waals surface area (Å²) in [5.41, 5.74) is 0. The maximum atomic E-state index is 10.2. The summed E-state index contributed by atoms with van der Waals surface area (Å²) >= 11 is 0. The molecule has 62 valence electrons. The fourth-order valence-electron chi connectivity index (χ4n) is 0.658. The van der Waals surface area contributed by atoms with Crippen LogP contribution >= 0.6 is 0 Å². The van der Waals surface area contributed by atoms with Crippen LogP contribution in [-0.2, 0) is 0 Å². The van der Waals surface area contributed by atoms with Gasteiger partial charge in [0.05, 0.1) is 6.21 Å². The predicted molar refractivity (Wildman–Crippen MR) is 45.9 cm³/mol. The van der Waals surface area contributed by atoms with Gasteiger partial charge in [-0.2, -0.15) is 10.2 Å². The molecule has 0 radical (unpaired) electrons. The van der Waals surface area contributed by atoms with Crippen molar-refractivity contribution in [2.45, 2.75) is 6.92 Å². The van der Waals surface area contributed by atoms with E-state index in [0.29, 0.717) is 12.0 Å². The van der Waals surface area contributed by atoms with Crippen molar-refractivity contribution in [2.24, 2.45) is 10.2 Å². The Balaban J connectivity index is 2.69. The van der Waals surface area contributed by atoms with Crippen LogP contribution in [0, 0.1) is 0 Å². The maximum absolute atomic E-state index is 10.2. The molecule has 1 rings (SSSR count). The van der Waals surface area contributed by atoms with Gasteiger partial charge in [-0.15, -0.1) is 0 Å². The summed E-state index contributed by atoms with van der Waals surface area (Å²) < 4.78 is 4.99. The van der Waals surface area contributed by atoms with E-state index >= 15 is 0 Å². The van der Waals surface area contributed by atoms with E-state index in [1.165, 1.54) is 6.21 Å². The normalized spacial score (nSPS) is 11.4. The van der Waals surface area contributed by atoms with Crippen LogP contribution in [0.15, 0.2) is 26.8 Å². The molecule has 0 fully saturated rings. The molecule has 0 N–H and O–H groups in total. The molecule has 12 heavy (non-hydrogen) atoms. The van der Waals surface area contributed by atoms with E-state index < -0.39 is 0 Å². The van der Waals surface area contributed by atoms with Gasteiger partial charge in [-0.25, -0.2) is 0 Å². The summed E-state index contributed by atoms with van der Waals surface area (Å²) in [4.78, 5) is 10.2. The molecule has 0 saturated heterocycles. The Hall–Kier alpha value is -1.71. The Morgan fingerprint density at radius 2 is 2.08 bits per heavy atom. The number of carbonyl (C=O) groups excluding carboxylic acids is 1. The fraction of sp³-hybridized carbons (Fsp3) is 0.125. The van der Waals surface area contributed by atoms with Gasteiger partial charge in [0.1, 0.15) is 5.76 Å². The first-order valence-electron chi connectivity index (χ1n) is 3.43. The first kappa shape index (κ1) is 8.39. The van der Waals surface area contributed by atoms with Crippen LogP contribution in [0.2, 0.25) is 0 Å². The highest BCUT2D eigenvalue weighted by Gasteiger charge is 1.95. The number of nitrogens with zero attached hydrogens (tertiary/aromatic N) is 2. The van der Waals surface area contributed by atoms with E-state index in [-0.39, 0.29) is 5.76 Å². The van der Waals surface area contributed by atoms with Crippen molar-refractivity contribution in [3.63, 3.8) is 0 Å². The van der Waals surface area contributed by atoms with Crippen LogP contribution in [0.4, 0.5) is 0 Å². The van der Waals surface area contributed by atoms with Crippen LogP contribution < -0.4 is 0 Å². The molecule has 0 bridgehead atoms. The van der Waals surface area contributed by atoms with Crippen LogP contribution in [0.3, 0.4) is 0 Å². The number of hydrogen-bond acceptors (Lipinski definition) is 4. The van der Waals surface area contributed by atoms with Crippen molar-refractivity contribution >= 4 is 18.7 Å². The summed E-state index contributed by atoms with van der Waals surface area (Å²) in [5, 5.41) is 7.24. The Kier molecular flexibility index (Phi) is 2.95. The third kappa shape index (κ3) is 2.16. The molecule has 0 aliphatic rings. The lowest BCUT2D eigenvalue weighted by molar-refractivity contribution is 0.110. The van der Waals surface area contributed by atoms with E-state index in [2.05, 4.69) is 10.2 Å². The van der Waals surface area contributed by atoms with Crippen LogP contribution in [-0.4, -0.2) is 18.7 Å². The van der Waals surface area contributed by atoms with Crippen molar-refractivity contribution in [2.75, 3.05) is 0 Å². The second-order valence-electron chi connectivity index (χ2n) is 1.98. The van der Waals surface area contributed by atoms with E-state index in [9.17, 15) is 4.79 Å². The van der Waals surface area contributed by atoms with Crippen molar-refractivity contribution in [3.05, 3.63) is 23.7 Å². The topological polar surface area (TPSA) is 54.9 Å². The molecule has 4 nitrogen and oxygen atoms in total. The Morgan fingerprint density at radius 1 is 1.33 bits per heavy atom. The lowest BCUT2D eigenvalue weighted by atomic mass is 10.4. The predicted octanol–water partition coefficient (Wildman–Crippen LogP) is 1.52. The molecule has 1 heterocycles. The monoisotopic (exact) mass is 164 g/mol. The van der Waals surface area contributed by atoms with Gasteiger partial charge in [-0.3, -0.25) is 4.79 Å². The summed E-state index contributed by atoms with van der Waals surface area (Å²) in [7, 11) is 0. The van der Waals surface area contributed by atoms with Crippen molar-refractivity contribution < 1.29 is 9.21 Å². The fourth-order valence-corrected chi connectivity index (χ4v) is 0.658. The Bertz CT molecular complexity index is 313. The molecule has 0 aromatic carbocycles.